The minimum Gasteiger partial charge on any atom is -0.490 e. The molecule has 1 aliphatic rings. The van der Waals surface area contributed by atoms with Crippen molar-refractivity contribution in [2.75, 3.05) is 17.9 Å². The van der Waals surface area contributed by atoms with E-state index in [0.29, 0.717) is 24.7 Å². The standard InChI is InChI=1S/C20H24N2O5S/c1-3-14(2)21-20(23)16-7-4-5-8-17(16)22-28(24,25)15-9-10-18-19(13-15)27-12-6-11-26-18/h4-5,7-10,13-14,22H,3,6,11-12H2,1-2H3,(H,21,23)/t14-/m1/s1. The van der Waals surface area contributed by atoms with Crippen LogP contribution in [0.2, 0.25) is 0 Å². The average Bonchev–Trinajstić information content (AvgIpc) is 2.92. The van der Waals surface area contributed by atoms with Gasteiger partial charge in [0, 0.05) is 18.5 Å². The molecule has 0 aliphatic carbocycles. The number of carbonyl (C=O) groups excluding carboxylic acids is 1. The third-order valence-electron chi connectivity index (χ3n) is 4.44. The molecule has 8 heteroatoms. The van der Waals surface area contributed by atoms with Crippen LogP contribution in [0.15, 0.2) is 47.4 Å². The Morgan fingerprint density at radius 1 is 1.11 bits per heavy atom. The van der Waals surface area contributed by atoms with Crippen molar-refractivity contribution in [2.45, 2.75) is 37.6 Å². The van der Waals surface area contributed by atoms with Crippen LogP contribution in [0.3, 0.4) is 0 Å². The molecule has 28 heavy (non-hydrogen) atoms. The second-order valence-corrected chi connectivity index (χ2v) is 8.28. The largest absolute Gasteiger partial charge is 0.490 e. The first-order valence-electron chi connectivity index (χ1n) is 9.23. The molecule has 0 unspecified atom stereocenters. The van der Waals surface area contributed by atoms with Gasteiger partial charge >= 0.3 is 0 Å². The lowest BCUT2D eigenvalue weighted by Gasteiger charge is -2.16. The van der Waals surface area contributed by atoms with Crippen LogP contribution in [-0.2, 0) is 10.0 Å². The third-order valence-corrected chi connectivity index (χ3v) is 5.80. The Morgan fingerprint density at radius 2 is 1.82 bits per heavy atom. The minimum absolute atomic E-state index is 0.0149. The number of para-hydroxylation sites is 1. The molecule has 0 radical (unpaired) electrons. The van der Waals surface area contributed by atoms with Gasteiger partial charge in [-0.3, -0.25) is 9.52 Å². The fraction of sp³-hybridized carbons (Fsp3) is 0.350. The van der Waals surface area contributed by atoms with E-state index in [9.17, 15) is 13.2 Å². The number of nitrogens with one attached hydrogen (secondary N) is 2. The molecule has 1 aliphatic heterocycles. The minimum atomic E-state index is -3.91. The average molecular weight is 404 g/mol. The van der Waals surface area contributed by atoms with E-state index in [2.05, 4.69) is 10.0 Å². The topological polar surface area (TPSA) is 93.7 Å². The molecule has 3 rings (SSSR count). The molecular weight excluding hydrogens is 380 g/mol. The SMILES string of the molecule is CC[C@@H](C)NC(=O)c1ccccc1NS(=O)(=O)c1ccc2c(c1)OCCCO2. The lowest BCUT2D eigenvalue weighted by Crippen LogP contribution is -2.32. The van der Waals surface area contributed by atoms with E-state index < -0.39 is 10.0 Å². The van der Waals surface area contributed by atoms with Crippen LogP contribution >= 0.6 is 0 Å². The molecule has 2 aromatic carbocycles. The van der Waals surface area contributed by atoms with Gasteiger partial charge in [-0.2, -0.15) is 0 Å². The third kappa shape index (κ3) is 4.56. The van der Waals surface area contributed by atoms with Crippen LogP contribution in [0.4, 0.5) is 5.69 Å². The fourth-order valence-electron chi connectivity index (χ4n) is 2.69. The van der Waals surface area contributed by atoms with Crippen LogP contribution in [0.25, 0.3) is 0 Å². The van der Waals surface area contributed by atoms with Gasteiger partial charge in [-0.1, -0.05) is 19.1 Å². The number of hydrogen-bond donors (Lipinski definition) is 2. The van der Waals surface area contributed by atoms with Crippen LogP contribution in [-0.4, -0.2) is 33.6 Å². The van der Waals surface area contributed by atoms with Crippen molar-refractivity contribution in [3.8, 4) is 11.5 Å². The van der Waals surface area contributed by atoms with E-state index in [0.717, 1.165) is 12.8 Å². The molecule has 0 fully saturated rings. The van der Waals surface area contributed by atoms with E-state index in [1.165, 1.54) is 12.1 Å². The molecule has 1 amide bonds. The highest BCUT2D eigenvalue weighted by Crippen LogP contribution is 2.32. The van der Waals surface area contributed by atoms with Crippen molar-refractivity contribution in [1.82, 2.24) is 5.32 Å². The number of benzene rings is 2. The van der Waals surface area contributed by atoms with Gasteiger partial charge in [-0.05, 0) is 37.6 Å². The number of fused-ring (bicyclic) bond motifs is 1. The van der Waals surface area contributed by atoms with Gasteiger partial charge in [0.1, 0.15) is 0 Å². The first-order chi connectivity index (χ1) is 13.4. The van der Waals surface area contributed by atoms with Crippen molar-refractivity contribution in [2.24, 2.45) is 0 Å². The van der Waals surface area contributed by atoms with Crippen molar-refractivity contribution in [1.29, 1.82) is 0 Å². The Labute approximate surface area is 165 Å². The molecule has 0 aromatic heterocycles. The number of anilines is 1. The molecule has 7 nitrogen and oxygen atoms in total. The Balaban J connectivity index is 1.87. The number of rotatable bonds is 6. The Hall–Kier alpha value is -2.74. The van der Waals surface area contributed by atoms with E-state index in [1.54, 1.807) is 30.3 Å². The summed E-state index contributed by atoms with van der Waals surface area (Å²) in [5, 5.41) is 2.85. The van der Waals surface area contributed by atoms with Crippen molar-refractivity contribution < 1.29 is 22.7 Å². The molecule has 1 atom stereocenters. The van der Waals surface area contributed by atoms with E-state index in [-0.39, 0.29) is 28.1 Å². The van der Waals surface area contributed by atoms with Crippen LogP contribution in [0.1, 0.15) is 37.0 Å². The summed E-state index contributed by atoms with van der Waals surface area (Å²) in [6.45, 7) is 4.84. The van der Waals surface area contributed by atoms with E-state index in [1.807, 2.05) is 13.8 Å². The van der Waals surface area contributed by atoms with Crippen LogP contribution < -0.4 is 19.5 Å². The number of hydrogen-bond acceptors (Lipinski definition) is 5. The predicted octanol–water partition coefficient (Wildman–Crippen LogP) is 3.18. The maximum Gasteiger partial charge on any atom is 0.262 e. The number of carbonyl (C=O) groups is 1. The smallest absolute Gasteiger partial charge is 0.262 e. The predicted molar refractivity (Wildman–Crippen MR) is 107 cm³/mol. The zero-order valence-electron chi connectivity index (χ0n) is 15.9. The molecule has 0 bridgehead atoms. The molecular formula is C20H24N2O5S. The van der Waals surface area contributed by atoms with Gasteiger partial charge in [0.15, 0.2) is 11.5 Å². The van der Waals surface area contributed by atoms with Crippen molar-refractivity contribution in [3.63, 3.8) is 0 Å². The van der Waals surface area contributed by atoms with Crippen molar-refractivity contribution >= 4 is 21.6 Å². The normalized spacial score (nSPS) is 14.6. The quantitative estimate of drug-likeness (QED) is 0.771. The van der Waals surface area contributed by atoms with Gasteiger partial charge in [0.25, 0.3) is 15.9 Å². The van der Waals surface area contributed by atoms with Gasteiger partial charge in [-0.15, -0.1) is 0 Å². The maximum atomic E-state index is 12.9. The highest BCUT2D eigenvalue weighted by atomic mass is 32.2. The highest BCUT2D eigenvalue weighted by molar-refractivity contribution is 7.92. The summed E-state index contributed by atoms with van der Waals surface area (Å²) in [5.41, 5.74) is 0.483. The molecule has 150 valence electrons. The first kappa shape index (κ1) is 20.0. The second-order valence-electron chi connectivity index (χ2n) is 6.59. The molecule has 2 N–H and O–H groups in total. The Bertz CT molecular complexity index is 959. The number of sulfonamides is 1. The molecule has 0 saturated heterocycles. The highest BCUT2D eigenvalue weighted by Gasteiger charge is 2.21. The summed E-state index contributed by atoms with van der Waals surface area (Å²) < 4.78 is 39.4. The molecule has 0 spiro atoms. The molecule has 1 heterocycles. The summed E-state index contributed by atoms with van der Waals surface area (Å²) >= 11 is 0. The summed E-state index contributed by atoms with van der Waals surface area (Å²) in [4.78, 5) is 12.5. The Kier molecular flexibility index (Phi) is 6.08. The van der Waals surface area contributed by atoms with Crippen LogP contribution in [0, 0.1) is 0 Å². The lowest BCUT2D eigenvalue weighted by atomic mass is 10.1. The fourth-order valence-corrected chi connectivity index (χ4v) is 3.78. The first-order valence-corrected chi connectivity index (χ1v) is 10.7. The van der Waals surface area contributed by atoms with Gasteiger partial charge < -0.3 is 14.8 Å². The summed E-state index contributed by atoms with van der Waals surface area (Å²) in [6, 6.07) is 11.0. The van der Waals surface area contributed by atoms with Gasteiger partial charge in [0.2, 0.25) is 0 Å². The zero-order chi connectivity index (χ0) is 20.1. The second kappa shape index (κ2) is 8.52. The Morgan fingerprint density at radius 3 is 2.57 bits per heavy atom. The molecule has 0 saturated carbocycles. The monoisotopic (exact) mass is 404 g/mol. The number of amides is 1. The summed E-state index contributed by atoms with van der Waals surface area (Å²) in [5.74, 6) is 0.583. The van der Waals surface area contributed by atoms with Gasteiger partial charge in [-0.25, -0.2) is 8.42 Å². The summed E-state index contributed by atoms with van der Waals surface area (Å²) in [6.07, 6.45) is 1.50. The lowest BCUT2D eigenvalue weighted by molar-refractivity contribution is 0.0940. The van der Waals surface area contributed by atoms with E-state index >= 15 is 0 Å². The number of ether oxygens (including phenoxy) is 2. The molecule has 2 aromatic rings. The zero-order valence-corrected chi connectivity index (χ0v) is 16.7. The summed E-state index contributed by atoms with van der Waals surface area (Å²) in [7, 11) is -3.91. The van der Waals surface area contributed by atoms with Crippen LogP contribution in [0.5, 0.6) is 11.5 Å². The van der Waals surface area contributed by atoms with Crippen molar-refractivity contribution in [3.05, 3.63) is 48.0 Å². The maximum absolute atomic E-state index is 12.9. The van der Waals surface area contributed by atoms with Gasteiger partial charge in [0.05, 0.1) is 29.4 Å². The van der Waals surface area contributed by atoms with E-state index in [4.69, 9.17) is 9.47 Å².